The Morgan fingerprint density at radius 2 is 1.61 bits per heavy atom. The first-order chi connectivity index (χ1) is 13.7. The van der Waals surface area contributed by atoms with Crippen LogP contribution in [0.25, 0.3) is 11.5 Å². The van der Waals surface area contributed by atoms with Gasteiger partial charge in [0.05, 0.1) is 16.1 Å². The quantitative estimate of drug-likeness (QED) is 0.490. The molecule has 0 radical (unpaired) electrons. The first kappa shape index (κ1) is 17.8. The van der Waals surface area contributed by atoms with Crippen molar-refractivity contribution < 1.29 is 13.9 Å². The number of carbonyl (C=O) groups excluding carboxylic acids is 1. The zero-order valence-electron chi connectivity index (χ0n) is 14.5. The van der Waals surface area contributed by atoms with E-state index in [1.807, 2.05) is 30.3 Å². The number of para-hydroxylation sites is 2. The van der Waals surface area contributed by atoms with Gasteiger partial charge in [0.1, 0.15) is 11.5 Å². The lowest BCUT2D eigenvalue weighted by atomic mass is 10.2. The van der Waals surface area contributed by atoms with E-state index in [9.17, 15) is 4.79 Å². The lowest BCUT2D eigenvalue weighted by Crippen LogP contribution is -2.13. The number of ether oxygens (including phenoxy) is 1. The number of amides is 1. The Bertz CT molecular complexity index is 1110. The summed E-state index contributed by atoms with van der Waals surface area (Å²) in [5.41, 5.74) is 0.925. The number of hydrogen-bond acceptors (Lipinski definition) is 5. The average molecular weight is 392 g/mol. The van der Waals surface area contributed by atoms with Crippen molar-refractivity contribution in [2.45, 2.75) is 0 Å². The van der Waals surface area contributed by atoms with Crippen LogP contribution in [0.4, 0.5) is 6.01 Å². The third kappa shape index (κ3) is 3.87. The van der Waals surface area contributed by atoms with E-state index in [0.29, 0.717) is 27.6 Å². The molecular formula is C21H14ClN3O3. The van der Waals surface area contributed by atoms with Crippen LogP contribution < -0.4 is 10.1 Å². The Morgan fingerprint density at radius 3 is 2.43 bits per heavy atom. The summed E-state index contributed by atoms with van der Waals surface area (Å²) >= 11 is 6.14. The third-order valence-electron chi connectivity index (χ3n) is 3.85. The highest BCUT2D eigenvalue weighted by molar-refractivity contribution is 6.33. The molecule has 4 aromatic rings. The molecule has 4 rings (SSSR count). The molecule has 7 heteroatoms. The summed E-state index contributed by atoms with van der Waals surface area (Å²) < 4.78 is 11.3. The molecule has 138 valence electrons. The number of anilines is 1. The molecule has 3 aromatic carbocycles. The van der Waals surface area contributed by atoms with Crippen molar-refractivity contribution >= 4 is 23.5 Å². The highest BCUT2D eigenvalue weighted by Crippen LogP contribution is 2.28. The van der Waals surface area contributed by atoms with Gasteiger partial charge in [-0.2, -0.15) is 0 Å². The Kier molecular flexibility index (Phi) is 5.03. The summed E-state index contributed by atoms with van der Waals surface area (Å²) in [4.78, 5) is 12.7. The van der Waals surface area contributed by atoms with Gasteiger partial charge in [-0.15, -0.1) is 5.10 Å². The van der Waals surface area contributed by atoms with Crippen molar-refractivity contribution in [1.29, 1.82) is 0 Å². The van der Waals surface area contributed by atoms with Crippen molar-refractivity contribution in [3.63, 3.8) is 0 Å². The summed E-state index contributed by atoms with van der Waals surface area (Å²) in [6, 6.07) is 23.2. The zero-order valence-corrected chi connectivity index (χ0v) is 15.3. The topological polar surface area (TPSA) is 77.3 Å². The van der Waals surface area contributed by atoms with Gasteiger partial charge in [-0.05, 0) is 36.4 Å². The number of rotatable bonds is 5. The average Bonchev–Trinajstić information content (AvgIpc) is 3.17. The second-order valence-corrected chi connectivity index (χ2v) is 6.16. The number of halogens is 1. The maximum atomic E-state index is 12.7. The second-order valence-electron chi connectivity index (χ2n) is 5.76. The molecule has 0 bridgehead atoms. The van der Waals surface area contributed by atoms with Crippen molar-refractivity contribution in [3.05, 3.63) is 89.4 Å². The van der Waals surface area contributed by atoms with Crippen molar-refractivity contribution in [1.82, 2.24) is 10.2 Å². The predicted octanol–water partition coefficient (Wildman–Crippen LogP) is 5.43. The molecule has 0 saturated carbocycles. The number of benzene rings is 3. The van der Waals surface area contributed by atoms with Gasteiger partial charge in [0.25, 0.3) is 11.8 Å². The monoisotopic (exact) mass is 391 g/mol. The largest absolute Gasteiger partial charge is 0.457 e. The number of carbonyl (C=O) groups is 1. The fourth-order valence-corrected chi connectivity index (χ4v) is 2.76. The van der Waals surface area contributed by atoms with Gasteiger partial charge in [0.15, 0.2) is 0 Å². The van der Waals surface area contributed by atoms with Gasteiger partial charge in [0.2, 0.25) is 0 Å². The zero-order chi connectivity index (χ0) is 19.3. The molecular weight excluding hydrogens is 378 g/mol. The second kappa shape index (κ2) is 7.94. The Labute approximate surface area is 165 Å². The van der Waals surface area contributed by atoms with E-state index >= 15 is 0 Å². The number of hydrogen-bond donors (Lipinski definition) is 1. The minimum atomic E-state index is -0.430. The molecule has 0 aliphatic carbocycles. The van der Waals surface area contributed by atoms with Gasteiger partial charge < -0.3 is 9.15 Å². The molecule has 1 N–H and O–H groups in total. The lowest BCUT2D eigenvalue weighted by molar-refractivity contribution is 0.102. The van der Waals surface area contributed by atoms with E-state index < -0.39 is 5.91 Å². The number of nitrogens with one attached hydrogen (secondary N) is 1. The summed E-state index contributed by atoms with van der Waals surface area (Å²) in [5, 5.41) is 10.9. The third-order valence-corrected chi connectivity index (χ3v) is 4.18. The van der Waals surface area contributed by atoms with Crippen LogP contribution in [0.1, 0.15) is 10.4 Å². The molecule has 0 spiro atoms. The molecule has 0 atom stereocenters. The fourth-order valence-electron chi connectivity index (χ4n) is 2.54. The molecule has 1 aromatic heterocycles. The lowest BCUT2D eigenvalue weighted by Gasteiger charge is -2.10. The van der Waals surface area contributed by atoms with Crippen molar-refractivity contribution in [3.8, 4) is 23.0 Å². The predicted molar refractivity (Wildman–Crippen MR) is 106 cm³/mol. The summed E-state index contributed by atoms with van der Waals surface area (Å²) in [5.74, 6) is 0.828. The van der Waals surface area contributed by atoms with Crippen LogP contribution in [-0.4, -0.2) is 16.1 Å². The molecule has 0 fully saturated rings. The van der Waals surface area contributed by atoms with E-state index in [1.54, 1.807) is 48.5 Å². The van der Waals surface area contributed by atoms with Crippen LogP contribution in [0.3, 0.4) is 0 Å². The molecule has 28 heavy (non-hydrogen) atoms. The van der Waals surface area contributed by atoms with Crippen LogP contribution in [0.15, 0.2) is 83.3 Å². The van der Waals surface area contributed by atoms with E-state index in [1.165, 1.54) is 0 Å². The molecule has 1 heterocycles. The van der Waals surface area contributed by atoms with Gasteiger partial charge in [0, 0.05) is 0 Å². The summed E-state index contributed by atoms with van der Waals surface area (Å²) in [7, 11) is 0. The van der Waals surface area contributed by atoms with Crippen molar-refractivity contribution in [2.24, 2.45) is 0 Å². The molecule has 1 amide bonds. The van der Waals surface area contributed by atoms with Gasteiger partial charge in [-0.25, -0.2) is 0 Å². The van der Waals surface area contributed by atoms with Crippen LogP contribution in [0.2, 0.25) is 5.02 Å². The normalized spacial score (nSPS) is 10.5. The number of nitrogens with zero attached hydrogens (tertiary/aromatic N) is 2. The van der Waals surface area contributed by atoms with Gasteiger partial charge in [-0.1, -0.05) is 59.2 Å². The fraction of sp³-hybridized carbons (Fsp3) is 0. The van der Waals surface area contributed by atoms with Crippen LogP contribution in [0, 0.1) is 0 Å². The van der Waals surface area contributed by atoms with Gasteiger partial charge >= 0.3 is 6.01 Å². The molecule has 0 unspecified atom stereocenters. The maximum absolute atomic E-state index is 12.7. The van der Waals surface area contributed by atoms with Gasteiger partial charge in [-0.3, -0.25) is 10.1 Å². The van der Waals surface area contributed by atoms with E-state index in [2.05, 4.69) is 15.5 Å². The van der Waals surface area contributed by atoms with E-state index in [-0.39, 0.29) is 11.9 Å². The Hall–Kier alpha value is -3.64. The first-order valence-corrected chi connectivity index (χ1v) is 8.80. The maximum Gasteiger partial charge on any atom is 0.322 e. The van der Waals surface area contributed by atoms with Crippen molar-refractivity contribution in [2.75, 3.05) is 5.32 Å². The standard InChI is InChI=1S/C21H14ClN3O3/c22-17-12-6-4-10-15(17)20-24-25-21(28-20)23-19(26)16-11-5-7-13-18(16)27-14-8-2-1-3-9-14/h1-13H,(H,23,25,26). The van der Waals surface area contributed by atoms with Crippen LogP contribution in [-0.2, 0) is 0 Å². The highest BCUT2D eigenvalue weighted by atomic mass is 35.5. The first-order valence-electron chi connectivity index (χ1n) is 8.42. The SMILES string of the molecule is O=C(Nc1nnc(-c2ccccc2Cl)o1)c1ccccc1Oc1ccccc1. The molecule has 0 aliphatic heterocycles. The Balaban J connectivity index is 1.54. The highest BCUT2D eigenvalue weighted by Gasteiger charge is 2.17. The minimum absolute atomic E-state index is 0.0329. The molecule has 0 aliphatic rings. The van der Waals surface area contributed by atoms with Crippen LogP contribution >= 0.6 is 11.6 Å². The summed E-state index contributed by atoms with van der Waals surface area (Å²) in [6.07, 6.45) is 0. The molecule has 6 nitrogen and oxygen atoms in total. The summed E-state index contributed by atoms with van der Waals surface area (Å²) in [6.45, 7) is 0. The van der Waals surface area contributed by atoms with E-state index in [4.69, 9.17) is 20.8 Å². The van der Waals surface area contributed by atoms with Crippen LogP contribution in [0.5, 0.6) is 11.5 Å². The minimum Gasteiger partial charge on any atom is -0.457 e. The Morgan fingerprint density at radius 1 is 0.893 bits per heavy atom. The smallest absolute Gasteiger partial charge is 0.322 e. The van der Waals surface area contributed by atoms with E-state index in [0.717, 1.165) is 0 Å². The number of aromatic nitrogens is 2. The molecule has 0 saturated heterocycles.